The Labute approximate surface area is 113 Å². The van der Waals surface area contributed by atoms with Crippen LogP contribution in [-0.4, -0.2) is 11.2 Å². The first kappa shape index (κ1) is 13.0. The second-order valence-electron chi connectivity index (χ2n) is 4.68. The smallest absolute Gasteiger partial charge is 0.194 e. The van der Waals surface area contributed by atoms with Crippen LogP contribution in [0.2, 0.25) is 0 Å². The van der Waals surface area contributed by atoms with E-state index in [1.165, 1.54) is 0 Å². The first-order valence-corrected chi connectivity index (χ1v) is 6.14. The normalized spacial score (nSPS) is 18.5. The van der Waals surface area contributed by atoms with Gasteiger partial charge in [0.05, 0.1) is 0 Å². The minimum absolute atomic E-state index is 0.304. The maximum Gasteiger partial charge on any atom is 0.194 e. The van der Waals surface area contributed by atoms with Crippen LogP contribution in [0.15, 0.2) is 36.4 Å². The SMILES string of the molecule is OC(c1ccc(F)c(F)c1F)C1Cc2ccccc2O1. The zero-order valence-electron chi connectivity index (χ0n) is 10.3. The molecule has 0 amide bonds. The molecule has 0 aromatic heterocycles. The highest BCUT2D eigenvalue weighted by molar-refractivity contribution is 5.38. The van der Waals surface area contributed by atoms with E-state index in [4.69, 9.17) is 4.74 Å². The Bertz CT molecular complexity index is 633. The maximum atomic E-state index is 13.7. The third-order valence-corrected chi connectivity index (χ3v) is 3.41. The molecule has 2 unspecified atom stereocenters. The fourth-order valence-corrected chi connectivity index (χ4v) is 2.35. The van der Waals surface area contributed by atoms with Gasteiger partial charge in [-0.15, -0.1) is 0 Å². The van der Waals surface area contributed by atoms with Crippen molar-refractivity contribution in [3.05, 3.63) is 65.0 Å². The molecular weight excluding hydrogens is 269 g/mol. The molecule has 0 saturated heterocycles. The average Bonchev–Trinajstić information content (AvgIpc) is 2.88. The van der Waals surface area contributed by atoms with Crippen molar-refractivity contribution in [1.29, 1.82) is 0 Å². The summed E-state index contributed by atoms with van der Waals surface area (Å²) in [4.78, 5) is 0. The quantitative estimate of drug-likeness (QED) is 0.856. The minimum Gasteiger partial charge on any atom is -0.487 e. The Morgan fingerprint density at radius 3 is 2.55 bits per heavy atom. The van der Waals surface area contributed by atoms with Crippen molar-refractivity contribution in [1.82, 2.24) is 0 Å². The highest BCUT2D eigenvalue weighted by Gasteiger charge is 2.32. The molecule has 3 rings (SSSR count). The Balaban J connectivity index is 1.88. The van der Waals surface area contributed by atoms with Crippen LogP contribution in [0.25, 0.3) is 0 Å². The number of hydrogen-bond acceptors (Lipinski definition) is 2. The lowest BCUT2D eigenvalue weighted by Gasteiger charge is -2.19. The first-order valence-electron chi connectivity index (χ1n) is 6.14. The third kappa shape index (κ3) is 2.04. The molecule has 1 aliphatic heterocycles. The average molecular weight is 280 g/mol. The summed E-state index contributed by atoms with van der Waals surface area (Å²) in [5.41, 5.74) is 0.584. The summed E-state index contributed by atoms with van der Waals surface area (Å²) in [6.45, 7) is 0. The van der Waals surface area contributed by atoms with Crippen LogP contribution in [0.1, 0.15) is 17.2 Å². The molecule has 2 aromatic carbocycles. The number of rotatable bonds is 2. The lowest BCUT2D eigenvalue weighted by Crippen LogP contribution is -2.24. The van der Waals surface area contributed by atoms with Crippen molar-refractivity contribution < 1.29 is 23.0 Å². The molecule has 2 atom stereocenters. The summed E-state index contributed by atoms with van der Waals surface area (Å²) in [6.07, 6.45) is -1.69. The predicted molar refractivity (Wildman–Crippen MR) is 65.8 cm³/mol. The van der Waals surface area contributed by atoms with Crippen molar-refractivity contribution in [2.45, 2.75) is 18.6 Å². The monoisotopic (exact) mass is 280 g/mol. The Kier molecular flexibility index (Phi) is 3.14. The number of halogens is 3. The molecule has 2 nitrogen and oxygen atoms in total. The van der Waals surface area contributed by atoms with Gasteiger partial charge in [-0.3, -0.25) is 0 Å². The molecule has 1 aliphatic rings. The fraction of sp³-hybridized carbons (Fsp3) is 0.200. The third-order valence-electron chi connectivity index (χ3n) is 3.41. The van der Waals surface area contributed by atoms with Crippen LogP contribution in [0.5, 0.6) is 5.75 Å². The van der Waals surface area contributed by atoms with Crippen molar-refractivity contribution in [2.24, 2.45) is 0 Å². The molecule has 1 N–H and O–H groups in total. The van der Waals surface area contributed by atoms with E-state index in [0.717, 1.165) is 17.7 Å². The number of aliphatic hydroxyl groups excluding tert-OH is 1. The van der Waals surface area contributed by atoms with E-state index in [0.29, 0.717) is 12.2 Å². The van der Waals surface area contributed by atoms with Crippen molar-refractivity contribution in [3.8, 4) is 5.75 Å². The van der Waals surface area contributed by atoms with Gasteiger partial charge in [0.2, 0.25) is 0 Å². The molecule has 0 radical (unpaired) electrons. The summed E-state index contributed by atoms with van der Waals surface area (Å²) in [5, 5.41) is 10.1. The van der Waals surface area contributed by atoms with Gasteiger partial charge in [0.25, 0.3) is 0 Å². The standard InChI is InChI=1S/C15H11F3O2/c16-10-6-5-9(13(17)14(10)18)15(19)12-7-8-3-1-2-4-11(8)20-12/h1-6,12,15,19H,7H2. The van der Waals surface area contributed by atoms with Crippen LogP contribution in [0.3, 0.4) is 0 Å². The first-order chi connectivity index (χ1) is 9.58. The van der Waals surface area contributed by atoms with E-state index in [1.807, 2.05) is 12.1 Å². The van der Waals surface area contributed by atoms with E-state index < -0.39 is 29.7 Å². The van der Waals surface area contributed by atoms with E-state index in [2.05, 4.69) is 0 Å². The molecule has 1 heterocycles. The molecule has 0 aliphatic carbocycles. The summed E-state index contributed by atoms with van der Waals surface area (Å²) in [7, 11) is 0. The van der Waals surface area contributed by atoms with Crippen molar-refractivity contribution >= 4 is 0 Å². The number of aliphatic hydroxyl groups is 1. The molecule has 2 aromatic rings. The van der Waals surface area contributed by atoms with Gasteiger partial charge in [0.15, 0.2) is 17.5 Å². The van der Waals surface area contributed by atoms with E-state index in [1.54, 1.807) is 12.1 Å². The summed E-state index contributed by atoms with van der Waals surface area (Å²) >= 11 is 0. The second kappa shape index (κ2) is 4.83. The molecular formula is C15H11F3O2. The second-order valence-corrected chi connectivity index (χ2v) is 4.68. The largest absolute Gasteiger partial charge is 0.487 e. The highest BCUT2D eigenvalue weighted by Crippen LogP contribution is 2.35. The van der Waals surface area contributed by atoms with Gasteiger partial charge < -0.3 is 9.84 Å². The lowest BCUT2D eigenvalue weighted by atomic mass is 9.99. The zero-order valence-corrected chi connectivity index (χ0v) is 10.3. The highest BCUT2D eigenvalue weighted by atomic mass is 19.2. The molecule has 0 fully saturated rings. The van der Waals surface area contributed by atoms with Crippen molar-refractivity contribution in [3.63, 3.8) is 0 Å². The van der Waals surface area contributed by atoms with E-state index in [9.17, 15) is 18.3 Å². The van der Waals surface area contributed by atoms with Gasteiger partial charge in [-0.1, -0.05) is 24.3 Å². The van der Waals surface area contributed by atoms with Crippen LogP contribution < -0.4 is 4.74 Å². The molecule has 0 spiro atoms. The summed E-state index contributed by atoms with van der Waals surface area (Å²) < 4.78 is 45.3. The predicted octanol–water partition coefficient (Wildman–Crippen LogP) is 3.14. The van der Waals surface area contributed by atoms with E-state index >= 15 is 0 Å². The van der Waals surface area contributed by atoms with Crippen LogP contribution >= 0.6 is 0 Å². The van der Waals surface area contributed by atoms with Gasteiger partial charge >= 0.3 is 0 Å². The summed E-state index contributed by atoms with van der Waals surface area (Å²) in [5.74, 6) is -3.64. The van der Waals surface area contributed by atoms with Crippen LogP contribution in [-0.2, 0) is 6.42 Å². The van der Waals surface area contributed by atoms with Gasteiger partial charge in [0, 0.05) is 12.0 Å². The van der Waals surface area contributed by atoms with Gasteiger partial charge in [0.1, 0.15) is 18.0 Å². The van der Waals surface area contributed by atoms with Gasteiger partial charge in [-0.2, -0.15) is 0 Å². The Morgan fingerprint density at radius 1 is 1.05 bits per heavy atom. The van der Waals surface area contributed by atoms with Crippen LogP contribution in [0, 0.1) is 17.5 Å². The molecule has 0 bridgehead atoms. The lowest BCUT2D eigenvalue weighted by molar-refractivity contribution is 0.0461. The Hall–Kier alpha value is -2.01. The Morgan fingerprint density at radius 2 is 1.80 bits per heavy atom. The van der Waals surface area contributed by atoms with Crippen LogP contribution in [0.4, 0.5) is 13.2 Å². The molecule has 5 heteroatoms. The number of ether oxygens (including phenoxy) is 1. The van der Waals surface area contributed by atoms with E-state index in [-0.39, 0.29) is 5.56 Å². The summed E-state index contributed by atoms with van der Waals surface area (Å²) in [6, 6.07) is 9.01. The fourth-order valence-electron chi connectivity index (χ4n) is 2.35. The molecule has 104 valence electrons. The zero-order chi connectivity index (χ0) is 14.3. The number of fused-ring (bicyclic) bond motifs is 1. The molecule has 20 heavy (non-hydrogen) atoms. The topological polar surface area (TPSA) is 29.5 Å². The molecule has 0 saturated carbocycles. The van der Waals surface area contributed by atoms with Gasteiger partial charge in [-0.05, 0) is 17.7 Å². The number of benzene rings is 2. The maximum absolute atomic E-state index is 13.7. The number of hydrogen-bond donors (Lipinski definition) is 1. The van der Waals surface area contributed by atoms with Crippen molar-refractivity contribution in [2.75, 3.05) is 0 Å². The minimum atomic E-state index is -1.59. The van der Waals surface area contributed by atoms with Gasteiger partial charge in [-0.25, -0.2) is 13.2 Å². The number of para-hydroxylation sites is 1.